The number of aromatic nitrogens is 3. The summed E-state index contributed by atoms with van der Waals surface area (Å²) >= 11 is 5.91. The molecule has 1 aromatic heterocycles. The van der Waals surface area contributed by atoms with Crippen LogP contribution in [-0.2, 0) is 15.7 Å². The Morgan fingerprint density at radius 3 is 2.67 bits per heavy atom. The van der Waals surface area contributed by atoms with Gasteiger partial charge in [-0.25, -0.2) is 9.48 Å². The summed E-state index contributed by atoms with van der Waals surface area (Å²) in [5.41, 5.74) is -0.163. The van der Waals surface area contributed by atoms with Crippen molar-refractivity contribution in [2.75, 3.05) is 7.11 Å². The van der Waals surface area contributed by atoms with Gasteiger partial charge in [0.05, 0.1) is 23.2 Å². The maximum atomic E-state index is 13.2. The Balaban J connectivity index is 2.04. The molecule has 142 valence electrons. The van der Waals surface area contributed by atoms with Gasteiger partial charge in [-0.1, -0.05) is 22.9 Å². The molecule has 27 heavy (non-hydrogen) atoms. The normalized spacial score (nSPS) is 12.8. The lowest BCUT2D eigenvalue weighted by Gasteiger charge is -2.15. The minimum atomic E-state index is -4.63. The average molecular weight is 400 g/mol. The molecule has 0 aliphatic carbocycles. The molecule has 0 saturated heterocycles. The van der Waals surface area contributed by atoms with Gasteiger partial charge in [0.2, 0.25) is 0 Å². The van der Waals surface area contributed by atoms with Gasteiger partial charge in [0.25, 0.3) is 0 Å². The number of halogens is 4. The zero-order chi connectivity index (χ0) is 19.8. The Kier molecular flexibility index (Phi) is 4.97. The van der Waals surface area contributed by atoms with Crippen molar-refractivity contribution < 1.29 is 27.4 Å². The molecule has 0 bridgehead atoms. The summed E-state index contributed by atoms with van der Waals surface area (Å²) in [6, 6.07) is 6.98. The number of carbonyl (C=O) groups excluding carboxylic acids is 1. The van der Waals surface area contributed by atoms with E-state index in [1.807, 2.05) is 0 Å². The summed E-state index contributed by atoms with van der Waals surface area (Å²) < 4.78 is 51.1. The quantitative estimate of drug-likeness (QED) is 0.598. The molecule has 0 fully saturated rings. The highest BCUT2D eigenvalue weighted by atomic mass is 35.5. The molecule has 1 unspecified atom stereocenters. The van der Waals surface area contributed by atoms with E-state index in [0.29, 0.717) is 11.0 Å². The monoisotopic (exact) mass is 399 g/mol. The predicted molar refractivity (Wildman–Crippen MR) is 90.8 cm³/mol. The van der Waals surface area contributed by atoms with E-state index in [2.05, 4.69) is 15.0 Å². The number of fused-ring (bicyclic) bond motifs is 1. The number of hydrogen-bond acceptors (Lipinski definition) is 5. The number of methoxy groups -OCH3 is 1. The zero-order valence-electron chi connectivity index (χ0n) is 14.1. The number of rotatable bonds is 4. The predicted octanol–water partition coefficient (Wildman–Crippen LogP) is 4.63. The standard InChI is InChI=1S/C17H13ClF3N3O3/c1-9(16(25)26-2)24-14-8-10(6-7-13(14)22-23-24)27-15-11(17(19,20)21)4-3-5-12(15)18/h3-9H,1-2H3. The number of benzene rings is 2. The highest BCUT2D eigenvalue weighted by Crippen LogP contribution is 2.42. The van der Waals surface area contributed by atoms with E-state index in [0.717, 1.165) is 6.07 Å². The first-order chi connectivity index (χ1) is 12.7. The summed E-state index contributed by atoms with van der Waals surface area (Å²) in [5.74, 6) is -0.966. The second-order valence-electron chi connectivity index (χ2n) is 5.60. The van der Waals surface area contributed by atoms with E-state index in [4.69, 9.17) is 16.3 Å². The summed E-state index contributed by atoms with van der Waals surface area (Å²) in [6.07, 6.45) is -4.63. The molecule has 0 aliphatic rings. The summed E-state index contributed by atoms with van der Waals surface area (Å²) in [5, 5.41) is 7.63. The van der Waals surface area contributed by atoms with E-state index in [1.54, 1.807) is 6.92 Å². The van der Waals surface area contributed by atoms with Crippen LogP contribution in [0.25, 0.3) is 11.0 Å². The van der Waals surface area contributed by atoms with Crippen LogP contribution >= 0.6 is 11.6 Å². The van der Waals surface area contributed by atoms with Gasteiger partial charge in [0.1, 0.15) is 17.3 Å². The van der Waals surface area contributed by atoms with Crippen LogP contribution in [0.1, 0.15) is 18.5 Å². The lowest BCUT2D eigenvalue weighted by Crippen LogP contribution is -2.18. The SMILES string of the molecule is COC(=O)C(C)n1nnc2ccc(Oc3c(Cl)cccc3C(F)(F)F)cc21. The molecular weight excluding hydrogens is 387 g/mol. The van der Waals surface area contributed by atoms with Crippen molar-refractivity contribution >= 4 is 28.6 Å². The molecule has 3 aromatic rings. The minimum absolute atomic E-state index is 0.0849. The average Bonchev–Trinajstić information content (AvgIpc) is 3.04. The number of para-hydroxylation sites is 1. The largest absolute Gasteiger partial charge is 0.467 e. The van der Waals surface area contributed by atoms with Gasteiger partial charge in [0, 0.05) is 6.07 Å². The smallest absolute Gasteiger partial charge is 0.420 e. The van der Waals surface area contributed by atoms with Gasteiger partial charge in [-0.2, -0.15) is 13.2 Å². The van der Waals surface area contributed by atoms with Gasteiger partial charge < -0.3 is 9.47 Å². The second-order valence-corrected chi connectivity index (χ2v) is 6.01. The molecule has 0 saturated carbocycles. The van der Waals surface area contributed by atoms with Crippen molar-refractivity contribution in [1.82, 2.24) is 15.0 Å². The summed E-state index contributed by atoms with van der Waals surface area (Å²) in [4.78, 5) is 11.7. The van der Waals surface area contributed by atoms with Crippen LogP contribution in [0.3, 0.4) is 0 Å². The summed E-state index contributed by atoms with van der Waals surface area (Å²) in [7, 11) is 1.24. The number of esters is 1. The van der Waals surface area contributed by atoms with E-state index in [1.165, 1.54) is 42.1 Å². The van der Waals surface area contributed by atoms with Crippen LogP contribution in [0.15, 0.2) is 36.4 Å². The minimum Gasteiger partial charge on any atom is -0.467 e. The summed E-state index contributed by atoms with van der Waals surface area (Å²) in [6.45, 7) is 1.56. The Labute approximate surface area is 156 Å². The van der Waals surface area contributed by atoms with E-state index < -0.39 is 29.5 Å². The number of alkyl halides is 3. The van der Waals surface area contributed by atoms with E-state index in [9.17, 15) is 18.0 Å². The lowest BCUT2D eigenvalue weighted by atomic mass is 10.2. The van der Waals surface area contributed by atoms with Gasteiger partial charge in [0.15, 0.2) is 5.75 Å². The van der Waals surface area contributed by atoms with Crippen molar-refractivity contribution in [2.24, 2.45) is 0 Å². The maximum Gasteiger partial charge on any atom is 0.420 e. The Morgan fingerprint density at radius 2 is 2.00 bits per heavy atom. The molecule has 0 aliphatic heterocycles. The Hall–Kier alpha value is -2.81. The molecule has 0 spiro atoms. The van der Waals surface area contributed by atoms with E-state index >= 15 is 0 Å². The number of nitrogens with zero attached hydrogens (tertiary/aromatic N) is 3. The third-order valence-electron chi connectivity index (χ3n) is 3.84. The number of carbonyl (C=O) groups is 1. The van der Waals surface area contributed by atoms with Gasteiger partial charge in [-0.15, -0.1) is 5.10 Å². The van der Waals surface area contributed by atoms with Gasteiger partial charge >= 0.3 is 12.1 Å². The molecule has 6 nitrogen and oxygen atoms in total. The first-order valence-corrected chi connectivity index (χ1v) is 8.06. The van der Waals surface area contributed by atoms with Crippen molar-refractivity contribution in [3.8, 4) is 11.5 Å². The van der Waals surface area contributed by atoms with Crippen molar-refractivity contribution in [3.63, 3.8) is 0 Å². The zero-order valence-corrected chi connectivity index (χ0v) is 14.9. The third kappa shape index (κ3) is 3.68. The van der Waals surface area contributed by atoms with Gasteiger partial charge in [-0.3, -0.25) is 0 Å². The highest BCUT2D eigenvalue weighted by molar-refractivity contribution is 6.32. The fraction of sp³-hybridized carbons (Fsp3) is 0.235. The third-order valence-corrected chi connectivity index (χ3v) is 4.14. The maximum absolute atomic E-state index is 13.2. The fourth-order valence-electron chi connectivity index (χ4n) is 2.49. The Bertz CT molecular complexity index is 1000. The van der Waals surface area contributed by atoms with E-state index in [-0.39, 0.29) is 10.8 Å². The molecule has 1 heterocycles. The van der Waals surface area contributed by atoms with Crippen molar-refractivity contribution in [3.05, 3.63) is 47.0 Å². The van der Waals surface area contributed by atoms with Crippen molar-refractivity contribution in [2.45, 2.75) is 19.1 Å². The molecule has 3 rings (SSSR count). The van der Waals surface area contributed by atoms with Crippen LogP contribution in [-0.4, -0.2) is 28.1 Å². The van der Waals surface area contributed by atoms with Crippen LogP contribution in [0.2, 0.25) is 5.02 Å². The molecule has 2 aromatic carbocycles. The molecule has 0 radical (unpaired) electrons. The fourth-order valence-corrected chi connectivity index (χ4v) is 2.70. The molecule has 10 heteroatoms. The molecule has 0 amide bonds. The topological polar surface area (TPSA) is 66.2 Å². The highest BCUT2D eigenvalue weighted by Gasteiger charge is 2.35. The van der Waals surface area contributed by atoms with Gasteiger partial charge in [-0.05, 0) is 31.2 Å². The van der Waals surface area contributed by atoms with Crippen LogP contribution in [0, 0.1) is 0 Å². The first-order valence-electron chi connectivity index (χ1n) is 7.68. The number of hydrogen-bond donors (Lipinski definition) is 0. The van der Waals surface area contributed by atoms with Crippen LogP contribution < -0.4 is 4.74 Å². The van der Waals surface area contributed by atoms with Crippen LogP contribution in [0.5, 0.6) is 11.5 Å². The molecule has 0 N–H and O–H groups in total. The molecular formula is C17H13ClF3N3O3. The van der Waals surface area contributed by atoms with Crippen LogP contribution in [0.4, 0.5) is 13.2 Å². The number of ether oxygens (including phenoxy) is 2. The first kappa shape index (κ1) is 19.0. The Morgan fingerprint density at radius 1 is 1.26 bits per heavy atom. The lowest BCUT2D eigenvalue weighted by molar-refractivity contribution is -0.144. The van der Waals surface area contributed by atoms with Crippen molar-refractivity contribution in [1.29, 1.82) is 0 Å². The molecule has 1 atom stereocenters. The second kappa shape index (κ2) is 7.07.